The normalized spacial score (nSPS) is 12.1. The Morgan fingerprint density at radius 2 is 1.95 bits per heavy atom. The lowest BCUT2D eigenvalue weighted by atomic mass is 9.97. The molecule has 1 atom stereocenters. The highest BCUT2D eigenvalue weighted by molar-refractivity contribution is 6.02. The molecule has 0 aliphatic heterocycles. The van der Waals surface area contributed by atoms with Crippen molar-refractivity contribution in [1.29, 1.82) is 0 Å². The third kappa shape index (κ3) is 4.04. The van der Waals surface area contributed by atoms with Gasteiger partial charge in [0, 0.05) is 0 Å². The van der Waals surface area contributed by atoms with Crippen LogP contribution in [-0.4, -0.2) is 46.6 Å². The number of carboxylic acid groups (broad SMARTS) is 2. The first-order valence-corrected chi connectivity index (χ1v) is 5.78. The standard InChI is InChI=1S/C13H16O6/c1-8(19-6-5-14)7-9-3-2-4-10(12(15)16)11(9)13(17)18/h2-4,8,14H,5-7H2,1H3,(H,15,16)(H,17,18). The Morgan fingerprint density at radius 1 is 1.26 bits per heavy atom. The van der Waals surface area contributed by atoms with Crippen molar-refractivity contribution in [2.24, 2.45) is 0 Å². The summed E-state index contributed by atoms with van der Waals surface area (Å²) in [7, 11) is 0. The summed E-state index contributed by atoms with van der Waals surface area (Å²) in [5.74, 6) is -2.55. The molecule has 3 N–H and O–H groups in total. The predicted octanol–water partition coefficient (Wildman–Crippen LogP) is 1.02. The molecule has 0 spiro atoms. The molecule has 0 amide bonds. The Kier molecular flexibility index (Phi) is 5.47. The Labute approximate surface area is 110 Å². The number of hydrogen-bond donors (Lipinski definition) is 3. The first kappa shape index (κ1) is 15.1. The average Bonchev–Trinajstić information content (AvgIpc) is 2.35. The smallest absolute Gasteiger partial charge is 0.336 e. The number of aliphatic hydroxyl groups excluding tert-OH is 1. The van der Waals surface area contributed by atoms with Gasteiger partial charge in [-0.1, -0.05) is 12.1 Å². The molecule has 0 heterocycles. The van der Waals surface area contributed by atoms with Crippen molar-refractivity contribution in [3.8, 4) is 0 Å². The van der Waals surface area contributed by atoms with E-state index < -0.39 is 11.9 Å². The zero-order valence-corrected chi connectivity index (χ0v) is 10.5. The molecular weight excluding hydrogens is 252 g/mol. The monoisotopic (exact) mass is 268 g/mol. The van der Waals surface area contributed by atoms with Crippen molar-refractivity contribution in [3.05, 3.63) is 34.9 Å². The topological polar surface area (TPSA) is 104 Å². The van der Waals surface area contributed by atoms with Gasteiger partial charge in [0.05, 0.1) is 30.4 Å². The van der Waals surface area contributed by atoms with E-state index in [0.717, 1.165) is 0 Å². The van der Waals surface area contributed by atoms with Crippen LogP contribution in [0.1, 0.15) is 33.2 Å². The van der Waals surface area contributed by atoms with E-state index in [1.165, 1.54) is 12.1 Å². The van der Waals surface area contributed by atoms with Crippen LogP contribution in [0.15, 0.2) is 18.2 Å². The SMILES string of the molecule is CC(Cc1cccc(C(=O)O)c1C(=O)O)OCCO. The molecule has 0 saturated heterocycles. The fraction of sp³-hybridized carbons (Fsp3) is 0.385. The minimum absolute atomic E-state index is 0.120. The first-order valence-electron chi connectivity index (χ1n) is 5.78. The quantitative estimate of drug-likeness (QED) is 0.682. The third-order valence-corrected chi connectivity index (χ3v) is 2.60. The highest BCUT2D eigenvalue weighted by Gasteiger charge is 2.20. The molecular formula is C13H16O6. The maximum absolute atomic E-state index is 11.2. The molecule has 0 aliphatic carbocycles. The summed E-state index contributed by atoms with van der Waals surface area (Å²) >= 11 is 0. The van der Waals surface area contributed by atoms with Crippen LogP contribution in [0.3, 0.4) is 0 Å². The number of ether oxygens (including phenoxy) is 1. The number of benzene rings is 1. The van der Waals surface area contributed by atoms with Crippen molar-refractivity contribution in [3.63, 3.8) is 0 Å². The van der Waals surface area contributed by atoms with Crippen LogP contribution >= 0.6 is 0 Å². The van der Waals surface area contributed by atoms with Gasteiger partial charge in [0.2, 0.25) is 0 Å². The van der Waals surface area contributed by atoms with E-state index >= 15 is 0 Å². The van der Waals surface area contributed by atoms with E-state index in [1.54, 1.807) is 13.0 Å². The van der Waals surface area contributed by atoms with E-state index in [0.29, 0.717) is 5.56 Å². The van der Waals surface area contributed by atoms with Crippen molar-refractivity contribution in [1.82, 2.24) is 0 Å². The fourth-order valence-corrected chi connectivity index (χ4v) is 1.82. The molecule has 1 unspecified atom stereocenters. The number of aromatic carboxylic acids is 2. The molecule has 1 aromatic rings. The maximum Gasteiger partial charge on any atom is 0.336 e. The van der Waals surface area contributed by atoms with Crippen molar-refractivity contribution in [2.45, 2.75) is 19.4 Å². The van der Waals surface area contributed by atoms with E-state index in [1.807, 2.05) is 0 Å². The van der Waals surface area contributed by atoms with Gasteiger partial charge in [0.25, 0.3) is 0 Å². The van der Waals surface area contributed by atoms with Crippen LogP contribution < -0.4 is 0 Å². The lowest BCUT2D eigenvalue weighted by Crippen LogP contribution is -2.18. The van der Waals surface area contributed by atoms with Gasteiger partial charge in [0.1, 0.15) is 0 Å². The molecule has 104 valence electrons. The second-order valence-electron chi connectivity index (χ2n) is 4.06. The first-order chi connectivity index (χ1) is 8.97. The zero-order chi connectivity index (χ0) is 14.4. The van der Waals surface area contributed by atoms with Gasteiger partial charge in [-0.25, -0.2) is 9.59 Å². The third-order valence-electron chi connectivity index (χ3n) is 2.60. The second kappa shape index (κ2) is 6.86. The molecule has 0 aliphatic rings. The van der Waals surface area contributed by atoms with Crippen LogP contribution in [0.2, 0.25) is 0 Å². The molecule has 1 aromatic carbocycles. The Morgan fingerprint density at radius 3 is 2.47 bits per heavy atom. The van der Waals surface area contributed by atoms with Gasteiger partial charge in [-0.2, -0.15) is 0 Å². The van der Waals surface area contributed by atoms with Crippen LogP contribution in [0.5, 0.6) is 0 Å². The zero-order valence-electron chi connectivity index (χ0n) is 10.5. The van der Waals surface area contributed by atoms with Gasteiger partial charge in [0.15, 0.2) is 0 Å². The highest BCUT2D eigenvalue weighted by atomic mass is 16.5. The van der Waals surface area contributed by atoms with Crippen molar-refractivity contribution < 1.29 is 29.6 Å². The number of rotatable bonds is 7. The second-order valence-corrected chi connectivity index (χ2v) is 4.06. The summed E-state index contributed by atoms with van der Waals surface area (Å²) < 4.78 is 5.24. The van der Waals surface area contributed by atoms with E-state index in [4.69, 9.17) is 20.1 Å². The molecule has 0 radical (unpaired) electrons. The molecule has 0 aromatic heterocycles. The molecule has 0 saturated carbocycles. The Balaban J connectivity index is 3.03. The van der Waals surface area contributed by atoms with Crippen LogP contribution in [0, 0.1) is 0 Å². The maximum atomic E-state index is 11.2. The molecule has 6 heteroatoms. The summed E-state index contributed by atoms with van der Waals surface area (Å²) in [4.78, 5) is 22.2. The van der Waals surface area contributed by atoms with Crippen LogP contribution in [0.4, 0.5) is 0 Å². The van der Waals surface area contributed by atoms with Crippen LogP contribution in [0.25, 0.3) is 0 Å². The van der Waals surface area contributed by atoms with Gasteiger partial charge in [-0.15, -0.1) is 0 Å². The minimum atomic E-state index is -1.28. The number of hydrogen-bond acceptors (Lipinski definition) is 4. The summed E-state index contributed by atoms with van der Waals surface area (Å²) in [6.07, 6.45) is -0.0442. The Hall–Kier alpha value is -1.92. The largest absolute Gasteiger partial charge is 0.478 e. The van der Waals surface area contributed by atoms with Gasteiger partial charge in [-0.05, 0) is 25.0 Å². The average molecular weight is 268 g/mol. The van der Waals surface area contributed by atoms with Crippen molar-refractivity contribution in [2.75, 3.05) is 13.2 Å². The van der Waals surface area contributed by atoms with E-state index in [-0.39, 0.29) is 36.9 Å². The number of aliphatic hydroxyl groups is 1. The summed E-state index contributed by atoms with van der Waals surface area (Å²) in [5.41, 5.74) is -0.0494. The van der Waals surface area contributed by atoms with Crippen molar-refractivity contribution >= 4 is 11.9 Å². The van der Waals surface area contributed by atoms with Crippen LogP contribution in [-0.2, 0) is 11.2 Å². The lowest BCUT2D eigenvalue weighted by molar-refractivity contribution is 0.0392. The van der Waals surface area contributed by atoms with Gasteiger partial charge in [-0.3, -0.25) is 0 Å². The number of carbonyl (C=O) groups is 2. The molecule has 0 bridgehead atoms. The molecule has 6 nitrogen and oxygen atoms in total. The fourth-order valence-electron chi connectivity index (χ4n) is 1.82. The lowest BCUT2D eigenvalue weighted by Gasteiger charge is -2.14. The van der Waals surface area contributed by atoms with E-state index in [9.17, 15) is 9.59 Å². The summed E-state index contributed by atoms with van der Waals surface area (Å²) in [6, 6.07) is 4.33. The molecule has 0 fully saturated rings. The van der Waals surface area contributed by atoms with E-state index in [2.05, 4.69) is 0 Å². The Bertz CT molecular complexity index is 468. The highest BCUT2D eigenvalue weighted by Crippen LogP contribution is 2.18. The molecule has 19 heavy (non-hydrogen) atoms. The predicted molar refractivity (Wildman–Crippen MR) is 66.6 cm³/mol. The van der Waals surface area contributed by atoms with Gasteiger partial charge >= 0.3 is 11.9 Å². The summed E-state index contributed by atoms with van der Waals surface area (Å²) in [5, 5.41) is 26.8. The molecule has 1 rings (SSSR count). The van der Waals surface area contributed by atoms with Gasteiger partial charge < -0.3 is 20.1 Å². The minimum Gasteiger partial charge on any atom is -0.478 e. The number of carboxylic acids is 2. The summed E-state index contributed by atoms with van der Waals surface area (Å²) in [6.45, 7) is 1.77.